The van der Waals surface area contributed by atoms with Crippen molar-refractivity contribution < 1.29 is 19.4 Å². The van der Waals surface area contributed by atoms with Crippen LogP contribution in [0, 0.1) is 6.92 Å². The van der Waals surface area contributed by atoms with Gasteiger partial charge in [0, 0.05) is 31.8 Å². The molecule has 1 unspecified atom stereocenters. The molecule has 1 aliphatic heterocycles. The molecule has 1 fully saturated rings. The van der Waals surface area contributed by atoms with Gasteiger partial charge >= 0.3 is 0 Å². The van der Waals surface area contributed by atoms with Crippen molar-refractivity contribution in [2.75, 3.05) is 13.1 Å². The van der Waals surface area contributed by atoms with Crippen molar-refractivity contribution in [3.8, 4) is 16.9 Å². The second-order valence-corrected chi connectivity index (χ2v) is 7.87. The van der Waals surface area contributed by atoms with E-state index in [-0.39, 0.29) is 11.5 Å². The van der Waals surface area contributed by atoms with Crippen LogP contribution in [0.25, 0.3) is 21.9 Å². The van der Waals surface area contributed by atoms with Crippen LogP contribution in [0.1, 0.15) is 32.3 Å². The van der Waals surface area contributed by atoms with Crippen molar-refractivity contribution in [1.29, 1.82) is 0 Å². The number of nitrogens with zero attached hydrogens (tertiary/aromatic N) is 1. The number of hydrogen-bond donors (Lipinski definition) is 2. The molecule has 1 amide bonds. The van der Waals surface area contributed by atoms with Crippen molar-refractivity contribution in [3.05, 3.63) is 64.6 Å². The Kier molecular flexibility index (Phi) is 7.30. The third-order valence-electron chi connectivity index (χ3n) is 5.39. The van der Waals surface area contributed by atoms with E-state index < -0.39 is 12.1 Å². The number of carbonyl (C=O) groups excluding carboxylic acids is 1. The molecule has 0 bridgehead atoms. The van der Waals surface area contributed by atoms with Crippen molar-refractivity contribution in [2.45, 2.75) is 39.7 Å². The molecular weight excluding hydrogens is 408 g/mol. The molecule has 1 atom stereocenters. The fourth-order valence-electron chi connectivity index (χ4n) is 3.86. The highest BCUT2D eigenvalue weighted by Crippen LogP contribution is 2.30. The summed E-state index contributed by atoms with van der Waals surface area (Å²) in [5.74, 6) is -0.305. The van der Waals surface area contributed by atoms with Gasteiger partial charge in [-0.15, -0.1) is 0 Å². The van der Waals surface area contributed by atoms with Gasteiger partial charge in [-0.05, 0) is 61.4 Å². The number of carboxylic acids is 1. The number of aromatic nitrogens is 1. The van der Waals surface area contributed by atoms with E-state index in [2.05, 4.69) is 18.0 Å². The number of carbonyl (C=O) groups is 2. The Bertz CT molecular complexity index is 1170. The summed E-state index contributed by atoms with van der Waals surface area (Å²) in [5, 5.41) is 8.84. The smallest absolute Gasteiger partial charge is 0.300 e. The molecule has 0 radical (unpaired) electrons. The number of fused-ring (bicyclic) bond motifs is 1. The summed E-state index contributed by atoms with van der Waals surface area (Å²) in [6, 6.07) is 13.5. The molecule has 7 nitrogen and oxygen atoms in total. The Morgan fingerprint density at radius 1 is 1.06 bits per heavy atom. The fraction of sp³-hybridized carbons (Fsp3) is 0.320. The third kappa shape index (κ3) is 5.35. The number of rotatable bonds is 4. The lowest BCUT2D eigenvalue weighted by Gasteiger charge is -2.21. The summed E-state index contributed by atoms with van der Waals surface area (Å²) in [4.78, 5) is 38.6. The molecule has 168 valence electrons. The highest BCUT2D eigenvalue weighted by Gasteiger charge is 2.24. The van der Waals surface area contributed by atoms with Gasteiger partial charge in [0.25, 0.3) is 17.4 Å². The molecule has 0 spiro atoms. The number of aliphatic carboxylic acids is 1. The predicted molar refractivity (Wildman–Crippen MR) is 124 cm³/mol. The van der Waals surface area contributed by atoms with E-state index in [0.717, 1.165) is 54.9 Å². The Morgan fingerprint density at radius 3 is 2.38 bits per heavy atom. The average molecular weight is 437 g/mol. The summed E-state index contributed by atoms with van der Waals surface area (Å²) in [7, 11) is 0. The molecule has 0 saturated carbocycles. The summed E-state index contributed by atoms with van der Waals surface area (Å²) < 4.78 is 5.88. The molecule has 1 saturated heterocycles. The van der Waals surface area contributed by atoms with Crippen molar-refractivity contribution >= 4 is 22.6 Å². The summed E-state index contributed by atoms with van der Waals surface area (Å²) >= 11 is 0. The van der Waals surface area contributed by atoms with Gasteiger partial charge in [-0.2, -0.15) is 0 Å². The second kappa shape index (κ2) is 10.1. The van der Waals surface area contributed by atoms with Crippen LogP contribution in [0.15, 0.2) is 53.5 Å². The molecule has 2 heterocycles. The van der Waals surface area contributed by atoms with E-state index in [1.807, 2.05) is 35.2 Å². The van der Waals surface area contributed by atoms with Gasteiger partial charge in [-0.25, -0.2) is 0 Å². The Balaban J connectivity index is 0.000000668. The normalized spacial score (nSPS) is 13.9. The largest absolute Gasteiger partial charge is 0.481 e. The van der Waals surface area contributed by atoms with E-state index in [1.54, 1.807) is 19.2 Å². The molecule has 1 aliphatic rings. The van der Waals surface area contributed by atoms with E-state index in [9.17, 15) is 9.59 Å². The number of aromatic amines is 1. The number of carboxylic acid groups (broad SMARTS) is 1. The van der Waals surface area contributed by atoms with Crippen LogP contribution >= 0.6 is 0 Å². The standard InChI is InChI=1S/C23H24N2O3.C2H4O2/c1-15-7-3-4-8-18(15)21-14-24-22(26)20-13-17(9-10-19(20)21)28-16(2)23(27)25-11-5-6-12-25;1-2(3)4/h3-4,7-10,13-14,16H,5-6,11-12H2,1-2H3,(H,24,26);1H3,(H,3,4). The van der Waals surface area contributed by atoms with Gasteiger partial charge in [-0.3, -0.25) is 14.4 Å². The number of amides is 1. The van der Waals surface area contributed by atoms with E-state index in [4.69, 9.17) is 14.6 Å². The summed E-state index contributed by atoms with van der Waals surface area (Å²) in [6.45, 7) is 6.49. The van der Waals surface area contributed by atoms with E-state index in [0.29, 0.717) is 11.1 Å². The summed E-state index contributed by atoms with van der Waals surface area (Å²) in [5.41, 5.74) is 3.02. The molecular formula is C25H28N2O5. The molecule has 2 N–H and O–H groups in total. The van der Waals surface area contributed by atoms with Gasteiger partial charge in [0.05, 0.1) is 5.39 Å². The van der Waals surface area contributed by atoms with Gasteiger partial charge in [0.2, 0.25) is 0 Å². The van der Waals surface area contributed by atoms with Crippen LogP contribution < -0.4 is 10.3 Å². The molecule has 2 aromatic carbocycles. The lowest BCUT2D eigenvalue weighted by molar-refractivity contribution is -0.137. The average Bonchev–Trinajstić information content (AvgIpc) is 3.29. The van der Waals surface area contributed by atoms with Crippen LogP contribution in [0.5, 0.6) is 5.75 Å². The van der Waals surface area contributed by atoms with Gasteiger partial charge in [-0.1, -0.05) is 24.3 Å². The number of aryl methyl sites for hydroxylation is 1. The quantitative estimate of drug-likeness (QED) is 0.644. The van der Waals surface area contributed by atoms with Gasteiger partial charge in [0.1, 0.15) is 5.75 Å². The minimum absolute atomic E-state index is 0.000155. The first-order chi connectivity index (χ1) is 15.3. The van der Waals surface area contributed by atoms with Crippen molar-refractivity contribution in [2.24, 2.45) is 0 Å². The zero-order valence-electron chi connectivity index (χ0n) is 18.6. The Hall–Kier alpha value is -3.61. The van der Waals surface area contributed by atoms with Crippen LogP contribution in [-0.4, -0.2) is 46.1 Å². The first-order valence-corrected chi connectivity index (χ1v) is 10.6. The maximum absolute atomic E-state index is 12.5. The van der Waals surface area contributed by atoms with Gasteiger partial charge in [0.15, 0.2) is 6.10 Å². The van der Waals surface area contributed by atoms with E-state index >= 15 is 0 Å². The maximum Gasteiger partial charge on any atom is 0.300 e. The zero-order chi connectivity index (χ0) is 23.3. The lowest BCUT2D eigenvalue weighted by Crippen LogP contribution is -2.38. The minimum atomic E-state index is -0.833. The molecule has 3 aromatic rings. The Morgan fingerprint density at radius 2 is 1.72 bits per heavy atom. The highest BCUT2D eigenvalue weighted by molar-refractivity contribution is 5.97. The predicted octanol–water partition coefficient (Wildman–Crippen LogP) is 3.98. The van der Waals surface area contributed by atoms with Crippen molar-refractivity contribution in [1.82, 2.24) is 9.88 Å². The van der Waals surface area contributed by atoms with Crippen LogP contribution in [0.4, 0.5) is 0 Å². The molecule has 32 heavy (non-hydrogen) atoms. The first-order valence-electron chi connectivity index (χ1n) is 10.6. The van der Waals surface area contributed by atoms with Crippen LogP contribution in [-0.2, 0) is 9.59 Å². The molecule has 4 rings (SSSR count). The first kappa shape index (κ1) is 23.1. The van der Waals surface area contributed by atoms with Crippen LogP contribution in [0.2, 0.25) is 0 Å². The van der Waals surface area contributed by atoms with Crippen molar-refractivity contribution in [3.63, 3.8) is 0 Å². The monoisotopic (exact) mass is 436 g/mol. The number of nitrogens with one attached hydrogen (secondary N) is 1. The third-order valence-corrected chi connectivity index (χ3v) is 5.39. The number of pyridine rings is 1. The number of likely N-dealkylation sites (tertiary alicyclic amines) is 1. The number of ether oxygens (including phenoxy) is 1. The number of H-pyrrole nitrogens is 1. The minimum Gasteiger partial charge on any atom is -0.481 e. The SMILES string of the molecule is CC(=O)O.Cc1ccccc1-c1c[nH]c(=O)c2cc(OC(C)C(=O)N3CCCC3)ccc12. The van der Waals surface area contributed by atoms with E-state index in [1.165, 1.54) is 0 Å². The fourth-order valence-corrected chi connectivity index (χ4v) is 3.86. The lowest BCUT2D eigenvalue weighted by atomic mass is 9.97. The van der Waals surface area contributed by atoms with Crippen LogP contribution in [0.3, 0.4) is 0 Å². The number of benzene rings is 2. The zero-order valence-corrected chi connectivity index (χ0v) is 18.6. The summed E-state index contributed by atoms with van der Waals surface area (Å²) in [6.07, 6.45) is 3.28. The molecule has 7 heteroatoms. The highest BCUT2D eigenvalue weighted by atomic mass is 16.5. The molecule has 0 aliphatic carbocycles. The molecule has 1 aromatic heterocycles. The Labute approximate surface area is 186 Å². The second-order valence-electron chi connectivity index (χ2n) is 7.87. The number of hydrogen-bond acceptors (Lipinski definition) is 4. The maximum atomic E-state index is 12.5. The topological polar surface area (TPSA) is 99.7 Å². The van der Waals surface area contributed by atoms with Gasteiger partial charge < -0.3 is 19.7 Å².